The van der Waals surface area contributed by atoms with Crippen molar-refractivity contribution in [2.24, 2.45) is 0 Å². The van der Waals surface area contributed by atoms with Gasteiger partial charge in [0.25, 0.3) is 0 Å². The molecule has 0 aromatic heterocycles. The van der Waals surface area contributed by atoms with Crippen LogP contribution in [0.15, 0.2) is 48.6 Å². The van der Waals surface area contributed by atoms with Crippen LogP contribution in [-0.4, -0.2) is 37.2 Å². The highest BCUT2D eigenvalue weighted by molar-refractivity contribution is 5.71. The molecule has 0 fully saturated rings. The minimum Gasteiger partial charge on any atom is -0.462 e. The van der Waals surface area contributed by atoms with Gasteiger partial charge in [-0.15, -0.1) is 0 Å². The Balaban J connectivity index is 4.36. The maximum atomic E-state index is 12.8. The van der Waals surface area contributed by atoms with Gasteiger partial charge in [0.05, 0.1) is 0 Å². The summed E-state index contributed by atoms with van der Waals surface area (Å²) in [7, 11) is 0. The topological polar surface area (TPSA) is 78.9 Å². The molecule has 372 valence electrons. The molecule has 6 heteroatoms. The average Bonchev–Trinajstić information content (AvgIpc) is 3.29. The van der Waals surface area contributed by atoms with Gasteiger partial charge in [-0.3, -0.25) is 14.4 Å². The minimum absolute atomic E-state index is 0.0823. The fourth-order valence-corrected chi connectivity index (χ4v) is 7.90. The van der Waals surface area contributed by atoms with Gasteiger partial charge in [-0.05, 0) is 70.6 Å². The number of hydrogen-bond acceptors (Lipinski definition) is 6. The molecule has 0 aliphatic heterocycles. The summed E-state index contributed by atoms with van der Waals surface area (Å²) >= 11 is 0. The average molecular weight is 897 g/mol. The Morgan fingerprint density at radius 3 is 0.875 bits per heavy atom. The van der Waals surface area contributed by atoms with Gasteiger partial charge >= 0.3 is 17.9 Å². The highest BCUT2D eigenvalue weighted by Gasteiger charge is 2.19. The van der Waals surface area contributed by atoms with Crippen LogP contribution in [0.5, 0.6) is 0 Å². The summed E-state index contributed by atoms with van der Waals surface area (Å²) in [6, 6.07) is 0. The van der Waals surface area contributed by atoms with Crippen LogP contribution in [0, 0.1) is 0 Å². The van der Waals surface area contributed by atoms with Crippen LogP contribution in [0.4, 0.5) is 0 Å². The second-order valence-corrected chi connectivity index (χ2v) is 18.6. The van der Waals surface area contributed by atoms with E-state index in [0.29, 0.717) is 19.3 Å². The van der Waals surface area contributed by atoms with Gasteiger partial charge in [0, 0.05) is 19.3 Å². The van der Waals surface area contributed by atoms with E-state index in [9.17, 15) is 14.4 Å². The van der Waals surface area contributed by atoms with Gasteiger partial charge in [0.1, 0.15) is 13.2 Å². The summed E-state index contributed by atoms with van der Waals surface area (Å²) in [6.45, 7) is 6.60. The third-order valence-electron chi connectivity index (χ3n) is 12.1. The SMILES string of the molecule is CCCCC/C=C\C=C/CCCCCCCCCCCCC(=O)OCC(COC(=O)CCCCCCCCCCCCC)OC(=O)CCCCC/C=C\C=C/CCCCCCCCC. The summed E-state index contributed by atoms with van der Waals surface area (Å²) in [5, 5.41) is 0. The molecule has 0 bridgehead atoms. The predicted molar refractivity (Wildman–Crippen MR) is 275 cm³/mol. The minimum atomic E-state index is -0.785. The number of unbranched alkanes of at least 4 members (excludes halogenated alkanes) is 33. The molecule has 0 radical (unpaired) electrons. The van der Waals surface area contributed by atoms with Gasteiger partial charge in [-0.25, -0.2) is 0 Å². The van der Waals surface area contributed by atoms with Crippen molar-refractivity contribution in [1.29, 1.82) is 0 Å². The molecular formula is C58H104O6. The number of ether oxygens (including phenoxy) is 3. The molecule has 0 aliphatic rings. The van der Waals surface area contributed by atoms with Crippen molar-refractivity contribution in [3.05, 3.63) is 48.6 Å². The van der Waals surface area contributed by atoms with E-state index in [1.54, 1.807) is 0 Å². The van der Waals surface area contributed by atoms with Crippen LogP contribution < -0.4 is 0 Å². The molecule has 0 rings (SSSR count). The molecule has 0 aliphatic carbocycles. The first-order valence-electron chi connectivity index (χ1n) is 27.7. The number of carbonyl (C=O) groups excluding carboxylic acids is 3. The summed E-state index contributed by atoms with van der Waals surface area (Å²) < 4.78 is 16.8. The van der Waals surface area contributed by atoms with Gasteiger partial charge < -0.3 is 14.2 Å². The largest absolute Gasteiger partial charge is 0.462 e. The van der Waals surface area contributed by atoms with Gasteiger partial charge in [0.2, 0.25) is 0 Å². The van der Waals surface area contributed by atoms with Crippen LogP contribution in [-0.2, 0) is 28.6 Å². The van der Waals surface area contributed by atoms with Crippen molar-refractivity contribution in [1.82, 2.24) is 0 Å². The van der Waals surface area contributed by atoms with Crippen molar-refractivity contribution in [3.63, 3.8) is 0 Å². The molecule has 0 N–H and O–H groups in total. The zero-order valence-electron chi connectivity index (χ0n) is 42.6. The summed E-state index contributed by atoms with van der Waals surface area (Å²) in [5.74, 6) is -0.903. The molecule has 0 amide bonds. The number of allylic oxidation sites excluding steroid dienone is 8. The van der Waals surface area contributed by atoms with Crippen LogP contribution in [0.25, 0.3) is 0 Å². The molecular weight excluding hydrogens is 793 g/mol. The number of esters is 3. The van der Waals surface area contributed by atoms with E-state index >= 15 is 0 Å². The molecule has 0 heterocycles. The lowest BCUT2D eigenvalue weighted by atomic mass is 10.1. The van der Waals surface area contributed by atoms with Gasteiger partial charge in [0.15, 0.2) is 6.10 Å². The Morgan fingerprint density at radius 2 is 0.547 bits per heavy atom. The van der Waals surface area contributed by atoms with Crippen LogP contribution in [0.3, 0.4) is 0 Å². The Hall–Kier alpha value is -2.63. The van der Waals surface area contributed by atoms with Gasteiger partial charge in [-0.1, -0.05) is 243 Å². The Kier molecular flexibility index (Phi) is 50.8. The standard InChI is InChI=1S/C58H104O6/c1-4-7-10-13-16-19-22-24-26-28-29-30-32-33-36-39-42-45-48-51-57(60)63-54-55(53-62-56(59)50-47-44-41-38-35-21-18-15-12-9-6-3)64-58(61)52-49-46-43-40-37-34-31-27-25-23-20-17-14-11-8-5-2/h16,19,22,24,27,31,34,37,55H,4-15,17-18,20-21,23,25-26,28-30,32-33,35-36,38-54H2,1-3H3/b19-16-,24-22-,31-27-,37-34-. The first-order chi connectivity index (χ1) is 31.5. The Bertz CT molecular complexity index is 1120. The Morgan fingerprint density at radius 1 is 0.312 bits per heavy atom. The zero-order valence-corrected chi connectivity index (χ0v) is 42.6. The fourth-order valence-electron chi connectivity index (χ4n) is 7.90. The molecule has 6 nitrogen and oxygen atoms in total. The summed E-state index contributed by atoms with van der Waals surface area (Å²) in [4.78, 5) is 38.0. The summed E-state index contributed by atoms with van der Waals surface area (Å²) in [5.41, 5.74) is 0. The number of hydrogen-bond donors (Lipinski definition) is 0. The second-order valence-electron chi connectivity index (χ2n) is 18.6. The van der Waals surface area contributed by atoms with E-state index in [1.165, 1.54) is 173 Å². The smallest absolute Gasteiger partial charge is 0.306 e. The highest BCUT2D eigenvalue weighted by Crippen LogP contribution is 2.15. The number of rotatable bonds is 50. The van der Waals surface area contributed by atoms with E-state index < -0.39 is 6.10 Å². The van der Waals surface area contributed by atoms with Crippen LogP contribution in [0.1, 0.15) is 284 Å². The second kappa shape index (κ2) is 53.0. The molecule has 1 atom stereocenters. The van der Waals surface area contributed by atoms with E-state index in [-0.39, 0.29) is 31.1 Å². The van der Waals surface area contributed by atoms with Crippen molar-refractivity contribution >= 4 is 17.9 Å². The predicted octanol–water partition coefficient (Wildman–Crippen LogP) is 18.3. The third-order valence-corrected chi connectivity index (χ3v) is 12.1. The highest BCUT2D eigenvalue weighted by atomic mass is 16.6. The van der Waals surface area contributed by atoms with E-state index in [4.69, 9.17) is 14.2 Å². The van der Waals surface area contributed by atoms with Crippen molar-refractivity contribution in [2.75, 3.05) is 13.2 Å². The third kappa shape index (κ3) is 50.4. The van der Waals surface area contributed by atoms with E-state index in [1.807, 2.05) is 0 Å². The molecule has 0 saturated heterocycles. The zero-order chi connectivity index (χ0) is 46.5. The maximum absolute atomic E-state index is 12.8. The fraction of sp³-hybridized carbons (Fsp3) is 0.810. The van der Waals surface area contributed by atoms with Crippen LogP contribution >= 0.6 is 0 Å². The van der Waals surface area contributed by atoms with E-state index in [0.717, 1.165) is 70.6 Å². The monoisotopic (exact) mass is 897 g/mol. The summed E-state index contributed by atoms with van der Waals surface area (Å²) in [6.07, 6.45) is 63.8. The van der Waals surface area contributed by atoms with Crippen molar-refractivity contribution in [3.8, 4) is 0 Å². The lowest BCUT2D eigenvalue weighted by molar-refractivity contribution is -0.167. The first-order valence-corrected chi connectivity index (χ1v) is 27.7. The first kappa shape index (κ1) is 61.4. The molecule has 0 aromatic rings. The lowest BCUT2D eigenvalue weighted by Crippen LogP contribution is -2.30. The number of carbonyl (C=O) groups is 3. The van der Waals surface area contributed by atoms with Crippen LogP contribution in [0.2, 0.25) is 0 Å². The quantitative estimate of drug-likeness (QED) is 0.0262. The lowest BCUT2D eigenvalue weighted by Gasteiger charge is -2.18. The van der Waals surface area contributed by atoms with E-state index in [2.05, 4.69) is 69.4 Å². The molecule has 64 heavy (non-hydrogen) atoms. The van der Waals surface area contributed by atoms with Crippen molar-refractivity contribution in [2.45, 2.75) is 290 Å². The van der Waals surface area contributed by atoms with Gasteiger partial charge in [-0.2, -0.15) is 0 Å². The molecule has 0 spiro atoms. The maximum Gasteiger partial charge on any atom is 0.306 e. The molecule has 0 saturated carbocycles. The normalized spacial score (nSPS) is 12.4. The molecule has 1 unspecified atom stereocenters. The van der Waals surface area contributed by atoms with Crippen molar-refractivity contribution < 1.29 is 28.6 Å². The Labute approximate surface area is 397 Å². The molecule has 0 aromatic carbocycles.